The molecule has 0 aliphatic heterocycles. The summed E-state index contributed by atoms with van der Waals surface area (Å²) in [6, 6.07) is 6.60. The number of halogens is 3. The summed E-state index contributed by atoms with van der Waals surface area (Å²) in [7, 11) is -2.68. The minimum Gasteiger partial charge on any atom is -0.251 e. The molecule has 9 heteroatoms. The molecule has 128 valence electrons. The van der Waals surface area contributed by atoms with Crippen LogP contribution < -0.4 is 4.31 Å². The standard InChI is InChI=1S/C15H14F3N3O2S/c1-21(14-8-7-13(19-20-14)15(16,17)18)24(22,23)12-6-5-10-3-2-4-11(10)9-12/h5-9H,2-4H2,1H3. The van der Waals surface area contributed by atoms with Crippen LogP contribution in [0.4, 0.5) is 19.0 Å². The van der Waals surface area contributed by atoms with E-state index >= 15 is 0 Å². The fourth-order valence-electron chi connectivity index (χ4n) is 2.63. The molecule has 0 spiro atoms. The lowest BCUT2D eigenvalue weighted by Crippen LogP contribution is -2.28. The molecule has 1 aliphatic carbocycles. The zero-order valence-corrected chi connectivity index (χ0v) is 13.5. The van der Waals surface area contributed by atoms with Crippen molar-refractivity contribution in [2.75, 3.05) is 11.4 Å². The maximum Gasteiger partial charge on any atom is 0.435 e. The van der Waals surface area contributed by atoms with Crippen LogP contribution in [0.25, 0.3) is 0 Å². The van der Waals surface area contributed by atoms with Gasteiger partial charge in [0.2, 0.25) is 0 Å². The number of aryl methyl sites for hydroxylation is 2. The summed E-state index contributed by atoms with van der Waals surface area (Å²) in [4.78, 5) is 0.0901. The molecule has 1 aromatic heterocycles. The first-order chi connectivity index (χ1) is 11.2. The van der Waals surface area contributed by atoms with E-state index < -0.39 is 21.9 Å². The molecule has 1 aromatic carbocycles. The van der Waals surface area contributed by atoms with Crippen molar-refractivity contribution in [3.63, 3.8) is 0 Å². The van der Waals surface area contributed by atoms with Gasteiger partial charge in [0, 0.05) is 7.05 Å². The SMILES string of the molecule is CN(c1ccc(C(F)(F)F)nn1)S(=O)(=O)c1ccc2c(c1)CCC2. The Balaban J connectivity index is 1.92. The molecule has 0 bridgehead atoms. The van der Waals surface area contributed by atoms with Crippen LogP contribution in [0.5, 0.6) is 0 Å². The zero-order valence-electron chi connectivity index (χ0n) is 12.7. The Labute approximate surface area is 137 Å². The quantitative estimate of drug-likeness (QED) is 0.847. The van der Waals surface area contributed by atoms with Gasteiger partial charge >= 0.3 is 6.18 Å². The highest BCUT2D eigenvalue weighted by Gasteiger charge is 2.33. The number of benzene rings is 1. The first-order valence-electron chi connectivity index (χ1n) is 7.21. The van der Waals surface area contributed by atoms with Gasteiger partial charge in [-0.1, -0.05) is 6.07 Å². The number of sulfonamides is 1. The van der Waals surface area contributed by atoms with Crippen LogP contribution in [0.15, 0.2) is 35.2 Å². The Kier molecular flexibility index (Phi) is 3.98. The molecule has 0 amide bonds. The van der Waals surface area contributed by atoms with E-state index in [0.29, 0.717) is 6.07 Å². The second kappa shape index (κ2) is 5.73. The summed E-state index contributed by atoms with van der Waals surface area (Å²) in [5.41, 5.74) is 0.948. The van der Waals surface area contributed by atoms with E-state index in [2.05, 4.69) is 10.2 Å². The van der Waals surface area contributed by atoms with E-state index in [9.17, 15) is 21.6 Å². The summed E-state index contributed by atoms with van der Waals surface area (Å²) < 4.78 is 63.7. The lowest BCUT2D eigenvalue weighted by Gasteiger charge is -2.18. The number of alkyl halides is 3. The van der Waals surface area contributed by atoms with Crippen molar-refractivity contribution in [2.45, 2.75) is 30.3 Å². The van der Waals surface area contributed by atoms with Crippen LogP contribution in [0.2, 0.25) is 0 Å². The predicted molar refractivity (Wildman–Crippen MR) is 81.1 cm³/mol. The van der Waals surface area contributed by atoms with Gasteiger partial charge < -0.3 is 0 Å². The molecule has 1 heterocycles. The largest absolute Gasteiger partial charge is 0.435 e. The fourth-order valence-corrected chi connectivity index (χ4v) is 3.83. The van der Waals surface area contributed by atoms with Gasteiger partial charge in [0.1, 0.15) is 0 Å². The van der Waals surface area contributed by atoms with Gasteiger partial charge in [0.25, 0.3) is 10.0 Å². The fraction of sp³-hybridized carbons (Fsp3) is 0.333. The summed E-state index contributed by atoms with van der Waals surface area (Å²) in [5, 5.41) is 6.44. The number of nitrogens with zero attached hydrogens (tertiary/aromatic N) is 3. The van der Waals surface area contributed by atoms with E-state index in [4.69, 9.17) is 0 Å². The maximum absolute atomic E-state index is 12.7. The smallest absolute Gasteiger partial charge is 0.251 e. The monoisotopic (exact) mass is 357 g/mol. The van der Waals surface area contributed by atoms with Gasteiger partial charge in [-0.2, -0.15) is 13.2 Å². The minimum absolute atomic E-state index is 0.0901. The lowest BCUT2D eigenvalue weighted by atomic mass is 10.1. The van der Waals surface area contributed by atoms with Crippen LogP contribution in [0, 0.1) is 0 Å². The average molecular weight is 357 g/mol. The predicted octanol–water partition coefficient (Wildman–Crippen LogP) is 2.81. The van der Waals surface area contributed by atoms with Gasteiger partial charge in [-0.05, 0) is 54.7 Å². The van der Waals surface area contributed by atoms with Crippen molar-refractivity contribution in [1.29, 1.82) is 0 Å². The topological polar surface area (TPSA) is 63.2 Å². The number of hydrogen-bond acceptors (Lipinski definition) is 4. The zero-order chi connectivity index (χ0) is 17.5. The summed E-state index contributed by atoms with van der Waals surface area (Å²) in [6.07, 6.45) is -1.89. The first kappa shape index (κ1) is 16.7. The molecule has 3 rings (SSSR count). The maximum atomic E-state index is 12.7. The highest BCUT2D eigenvalue weighted by molar-refractivity contribution is 7.92. The Morgan fingerprint density at radius 2 is 1.75 bits per heavy atom. The van der Waals surface area contributed by atoms with E-state index in [-0.39, 0.29) is 10.7 Å². The Hall–Kier alpha value is -2.16. The van der Waals surface area contributed by atoms with E-state index in [1.165, 1.54) is 13.1 Å². The molecule has 0 saturated heterocycles. The van der Waals surface area contributed by atoms with Gasteiger partial charge in [0.15, 0.2) is 11.5 Å². The highest BCUT2D eigenvalue weighted by Crippen LogP contribution is 2.29. The number of rotatable bonds is 3. The van der Waals surface area contributed by atoms with Crippen molar-refractivity contribution in [2.24, 2.45) is 0 Å². The van der Waals surface area contributed by atoms with Gasteiger partial charge in [-0.25, -0.2) is 8.42 Å². The number of hydrogen-bond donors (Lipinski definition) is 0. The van der Waals surface area contributed by atoms with Crippen LogP contribution in [-0.2, 0) is 29.0 Å². The van der Waals surface area contributed by atoms with Gasteiger partial charge in [-0.15, -0.1) is 10.2 Å². The third-order valence-corrected chi connectivity index (χ3v) is 5.75. The molecule has 24 heavy (non-hydrogen) atoms. The summed E-state index contributed by atoms with van der Waals surface area (Å²) in [6.45, 7) is 0. The number of anilines is 1. The molecule has 5 nitrogen and oxygen atoms in total. The van der Waals surface area contributed by atoms with E-state index in [1.54, 1.807) is 12.1 Å². The third-order valence-electron chi connectivity index (χ3n) is 3.99. The first-order valence-corrected chi connectivity index (χ1v) is 8.65. The van der Waals surface area contributed by atoms with Crippen molar-refractivity contribution >= 4 is 15.8 Å². The summed E-state index contributed by atoms with van der Waals surface area (Å²) >= 11 is 0. The average Bonchev–Trinajstić information content (AvgIpc) is 3.01. The van der Waals surface area contributed by atoms with E-state index in [0.717, 1.165) is 40.8 Å². The van der Waals surface area contributed by atoms with Gasteiger partial charge in [0.05, 0.1) is 4.90 Å². The van der Waals surface area contributed by atoms with Crippen molar-refractivity contribution in [3.05, 3.63) is 47.2 Å². The Bertz CT molecular complexity index is 865. The Morgan fingerprint density at radius 3 is 2.38 bits per heavy atom. The van der Waals surface area contributed by atoms with Crippen molar-refractivity contribution in [1.82, 2.24) is 10.2 Å². The van der Waals surface area contributed by atoms with E-state index in [1.807, 2.05) is 0 Å². The number of aromatic nitrogens is 2. The molecule has 0 radical (unpaired) electrons. The Morgan fingerprint density at radius 1 is 1.04 bits per heavy atom. The molecule has 1 aliphatic rings. The number of fused-ring (bicyclic) bond motifs is 1. The second-order valence-corrected chi connectivity index (χ2v) is 7.50. The van der Waals surface area contributed by atoms with Crippen molar-refractivity contribution < 1.29 is 21.6 Å². The molecule has 0 atom stereocenters. The van der Waals surface area contributed by atoms with Gasteiger partial charge in [-0.3, -0.25) is 4.31 Å². The molecule has 0 saturated carbocycles. The molecule has 2 aromatic rings. The second-order valence-electron chi connectivity index (χ2n) is 5.53. The molecular formula is C15H14F3N3O2S. The van der Waals surface area contributed by atoms with Crippen molar-refractivity contribution in [3.8, 4) is 0 Å². The van der Waals surface area contributed by atoms with Crippen LogP contribution in [-0.4, -0.2) is 25.7 Å². The molecule has 0 N–H and O–H groups in total. The van der Waals surface area contributed by atoms with Crippen LogP contribution in [0.3, 0.4) is 0 Å². The highest BCUT2D eigenvalue weighted by atomic mass is 32.2. The molecule has 0 fully saturated rings. The molecular weight excluding hydrogens is 343 g/mol. The van der Waals surface area contributed by atoms with Crippen LogP contribution >= 0.6 is 0 Å². The van der Waals surface area contributed by atoms with Crippen LogP contribution in [0.1, 0.15) is 23.2 Å². The normalized spacial score (nSPS) is 14.5. The molecule has 0 unspecified atom stereocenters. The summed E-state index contributed by atoms with van der Waals surface area (Å²) in [5.74, 6) is -0.177. The third kappa shape index (κ3) is 2.95. The minimum atomic E-state index is -4.62. The lowest BCUT2D eigenvalue weighted by molar-refractivity contribution is -0.141.